The molecule has 0 aliphatic carbocycles. The van der Waals surface area contributed by atoms with Crippen LogP contribution in [0.1, 0.15) is 18.4 Å². The monoisotopic (exact) mass is 302 g/mol. The van der Waals surface area contributed by atoms with Crippen molar-refractivity contribution in [2.24, 2.45) is 5.73 Å². The van der Waals surface area contributed by atoms with E-state index in [1.165, 1.54) is 4.31 Å². The molecule has 19 heavy (non-hydrogen) atoms. The second kappa shape index (κ2) is 5.48. The molecule has 0 saturated carbocycles. The van der Waals surface area contributed by atoms with E-state index in [9.17, 15) is 13.2 Å². The quantitative estimate of drug-likeness (QED) is 0.905. The van der Waals surface area contributed by atoms with Gasteiger partial charge in [-0.3, -0.25) is 4.79 Å². The lowest BCUT2D eigenvalue weighted by atomic mass is 10.2. The summed E-state index contributed by atoms with van der Waals surface area (Å²) in [5, 5.41) is 0.404. The van der Waals surface area contributed by atoms with Crippen LogP contribution in [0.15, 0.2) is 24.3 Å². The lowest BCUT2D eigenvalue weighted by Gasteiger charge is -2.21. The van der Waals surface area contributed by atoms with Crippen LogP contribution in [-0.2, 0) is 20.6 Å². The summed E-state index contributed by atoms with van der Waals surface area (Å²) in [5.74, 6) is -0.809. The third-order valence-corrected chi connectivity index (χ3v) is 5.38. The van der Waals surface area contributed by atoms with Gasteiger partial charge in [0.1, 0.15) is 6.04 Å². The maximum atomic E-state index is 12.3. The molecule has 1 aliphatic heterocycles. The first kappa shape index (κ1) is 14.3. The Bertz CT molecular complexity index is 588. The van der Waals surface area contributed by atoms with Gasteiger partial charge in [-0.25, -0.2) is 8.42 Å². The van der Waals surface area contributed by atoms with Crippen molar-refractivity contribution < 1.29 is 13.2 Å². The summed E-state index contributed by atoms with van der Waals surface area (Å²) < 4.78 is 25.9. The van der Waals surface area contributed by atoms with Crippen LogP contribution in [-0.4, -0.2) is 31.2 Å². The van der Waals surface area contributed by atoms with Crippen molar-refractivity contribution in [3.8, 4) is 0 Å². The van der Waals surface area contributed by atoms with E-state index in [1.54, 1.807) is 24.3 Å². The van der Waals surface area contributed by atoms with Crippen LogP contribution in [0.4, 0.5) is 0 Å². The fourth-order valence-corrected chi connectivity index (χ4v) is 4.35. The molecular formula is C12H15ClN2O3S. The highest BCUT2D eigenvalue weighted by atomic mass is 35.5. The SMILES string of the molecule is NC(=O)[C@@H]1CCCN1S(=O)(=O)Cc1ccccc1Cl. The molecule has 1 fully saturated rings. The van der Waals surface area contributed by atoms with Crippen LogP contribution in [0.2, 0.25) is 5.02 Å². The van der Waals surface area contributed by atoms with E-state index >= 15 is 0 Å². The molecule has 1 atom stereocenters. The van der Waals surface area contributed by atoms with Crippen LogP contribution < -0.4 is 5.73 Å². The topological polar surface area (TPSA) is 80.5 Å². The number of nitrogens with two attached hydrogens (primary N) is 1. The fourth-order valence-electron chi connectivity index (χ4n) is 2.25. The molecule has 2 rings (SSSR count). The molecule has 1 aliphatic rings. The van der Waals surface area contributed by atoms with Crippen molar-refractivity contribution in [2.45, 2.75) is 24.6 Å². The predicted molar refractivity (Wildman–Crippen MR) is 73.0 cm³/mol. The van der Waals surface area contributed by atoms with Gasteiger partial charge >= 0.3 is 0 Å². The average Bonchev–Trinajstić information content (AvgIpc) is 2.82. The second-order valence-electron chi connectivity index (χ2n) is 4.52. The standard InChI is InChI=1S/C12H15ClN2O3S/c13-10-5-2-1-4-9(10)8-19(17,18)15-7-3-6-11(15)12(14)16/h1-2,4-5,11H,3,6-8H2,(H2,14,16)/t11-/m0/s1. The number of primary amides is 1. The third kappa shape index (κ3) is 3.08. The Labute approximate surface area is 117 Å². The van der Waals surface area contributed by atoms with E-state index < -0.39 is 22.0 Å². The molecule has 0 spiro atoms. The third-order valence-electron chi connectivity index (χ3n) is 3.19. The summed E-state index contributed by atoms with van der Waals surface area (Å²) in [5.41, 5.74) is 5.76. The van der Waals surface area contributed by atoms with Gasteiger partial charge in [-0.15, -0.1) is 0 Å². The summed E-state index contributed by atoms with van der Waals surface area (Å²) in [6, 6.07) is 6.04. The normalized spacial score (nSPS) is 20.6. The molecule has 1 amide bonds. The van der Waals surface area contributed by atoms with Gasteiger partial charge in [0.2, 0.25) is 15.9 Å². The Morgan fingerprint density at radius 1 is 1.42 bits per heavy atom. The molecule has 1 saturated heterocycles. The van der Waals surface area contributed by atoms with E-state index in [0.717, 1.165) is 0 Å². The van der Waals surface area contributed by atoms with Gasteiger partial charge in [0, 0.05) is 11.6 Å². The van der Waals surface area contributed by atoms with Gasteiger partial charge in [0.25, 0.3) is 0 Å². The molecule has 1 aromatic rings. The van der Waals surface area contributed by atoms with E-state index in [-0.39, 0.29) is 5.75 Å². The van der Waals surface area contributed by atoms with Gasteiger partial charge in [-0.05, 0) is 24.5 Å². The van der Waals surface area contributed by atoms with E-state index in [2.05, 4.69) is 0 Å². The van der Waals surface area contributed by atoms with Crippen molar-refractivity contribution >= 4 is 27.5 Å². The van der Waals surface area contributed by atoms with Crippen molar-refractivity contribution in [1.82, 2.24) is 4.31 Å². The molecule has 0 aromatic heterocycles. The number of rotatable bonds is 4. The van der Waals surface area contributed by atoms with Crippen LogP contribution in [0, 0.1) is 0 Å². The Kier molecular flexibility index (Phi) is 4.13. The van der Waals surface area contributed by atoms with Crippen LogP contribution in [0.25, 0.3) is 0 Å². The molecule has 5 nitrogen and oxygen atoms in total. The molecule has 7 heteroatoms. The second-order valence-corrected chi connectivity index (χ2v) is 6.85. The number of benzene rings is 1. The minimum atomic E-state index is -3.58. The number of halogens is 1. The molecule has 2 N–H and O–H groups in total. The lowest BCUT2D eigenvalue weighted by molar-refractivity contribution is -0.121. The largest absolute Gasteiger partial charge is 0.368 e. The maximum absolute atomic E-state index is 12.3. The zero-order valence-corrected chi connectivity index (χ0v) is 11.8. The minimum absolute atomic E-state index is 0.212. The fraction of sp³-hybridized carbons (Fsp3) is 0.417. The Balaban J connectivity index is 2.24. The highest BCUT2D eigenvalue weighted by Gasteiger charge is 2.37. The average molecular weight is 303 g/mol. The van der Waals surface area contributed by atoms with Crippen LogP contribution >= 0.6 is 11.6 Å². The van der Waals surface area contributed by atoms with Gasteiger partial charge in [0.05, 0.1) is 5.75 Å². The molecule has 104 valence electrons. The van der Waals surface area contributed by atoms with Gasteiger partial charge in [0.15, 0.2) is 0 Å². The summed E-state index contributed by atoms with van der Waals surface area (Å²) in [7, 11) is -3.58. The first-order valence-corrected chi connectivity index (χ1v) is 7.93. The molecule has 1 aromatic carbocycles. The van der Waals surface area contributed by atoms with Gasteiger partial charge < -0.3 is 5.73 Å². The summed E-state index contributed by atoms with van der Waals surface area (Å²) in [6.07, 6.45) is 1.13. The Hall–Kier alpha value is -1.11. The number of hydrogen-bond acceptors (Lipinski definition) is 3. The number of amides is 1. The Morgan fingerprint density at radius 3 is 2.74 bits per heavy atom. The number of nitrogens with zero attached hydrogens (tertiary/aromatic N) is 1. The van der Waals surface area contributed by atoms with E-state index in [0.29, 0.717) is 30.0 Å². The summed E-state index contributed by atoms with van der Waals surface area (Å²) in [6.45, 7) is 0.334. The first-order chi connectivity index (χ1) is 8.92. The van der Waals surface area contributed by atoms with Gasteiger partial charge in [-0.1, -0.05) is 29.8 Å². The summed E-state index contributed by atoms with van der Waals surface area (Å²) >= 11 is 5.96. The number of hydrogen-bond donors (Lipinski definition) is 1. The van der Waals surface area contributed by atoms with Crippen molar-refractivity contribution in [3.63, 3.8) is 0 Å². The zero-order chi connectivity index (χ0) is 14.0. The van der Waals surface area contributed by atoms with Crippen molar-refractivity contribution in [3.05, 3.63) is 34.9 Å². The molecule has 0 radical (unpaired) electrons. The van der Waals surface area contributed by atoms with E-state index in [1.807, 2.05) is 0 Å². The number of carbonyl (C=O) groups is 1. The minimum Gasteiger partial charge on any atom is -0.368 e. The summed E-state index contributed by atoms with van der Waals surface area (Å²) in [4.78, 5) is 11.3. The molecule has 0 bridgehead atoms. The van der Waals surface area contributed by atoms with Crippen molar-refractivity contribution in [2.75, 3.05) is 6.54 Å². The zero-order valence-electron chi connectivity index (χ0n) is 10.3. The maximum Gasteiger partial charge on any atom is 0.235 e. The molecular weight excluding hydrogens is 288 g/mol. The number of sulfonamides is 1. The molecule has 0 unspecified atom stereocenters. The highest BCUT2D eigenvalue weighted by Crippen LogP contribution is 2.25. The molecule has 1 heterocycles. The van der Waals surface area contributed by atoms with Crippen LogP contribution in [0.3, 0.4) is 0 Å². The smallest absolute Gasteiger partial charge is 0.235 e. The Morgan fingerprint density at radius 2 is 2.11 bits per heavy atom. The lowest BCUT2D eigenvalue weighted by Crippen LogP contribution is -2.44. The predicted octanol–water partition coefficient (Wildman–Crippen LogP) is 1.12. The van der Waals surface area contributed by atoms with Crippen molar-refractivity contribution in [1.29, 1.82) is 0 Å². The van der Waals surface area contributed by atoms with Gasteiger partial charge in [-0.2, -0.15) is 4.31 Å². The number of carbonyl (C=O) groups excluding carboxylic acids is 1. The van der Waals surface area contributed by atoms with E-state index in [4.69, 9.17) is 17.3 Å². The van der Waals surface area contributed by atoms with Crippen LogP contribution in [0.5, 0.6) is 0 Å². The highest BCUT2D eigenvalue weighted by molar-refractivity contribution is 7.88. The first-order valence-electron chi connectivity index (χ1n) is 5.94.